The first-order valence-corrected chi connectivity index (χ1v) is 13.0. The van der Waals surface area contributed by atoms with Crippen LogP contribution in [-0.4, -0.2) is 41.5 Å². The Hall–Kier alpha value is -1.91. The Morgan fingerprint density at radius 1 is 1.18 bits per heavy atom. The van der Waals surface area contributed by atoms with Gasteiger partial charge in [-0.2, -0.15) is 0 Å². The molecule has 176 valence electrons. The lowest BCUT2D eigenvalue weighted by atomic mass is 9.96. The normalized spacial score (nSPS) is 15.8. The summed E-state index contributed by atoms with van der Waals surface area (Å²) in [5.74, 6) is 2.04. The molecule has 7 nitrogen and oxygen atoms in total. The monoisotopic (exact) mass is 598 g/mol. The highest BCUT2D eigenvalue weighted by atomic mass is 79.9. The summed E-state index contributed by atoms with van der Waals surface area (Å²) >= 11 is 8.37. The molecule has 3 aromatic rings. The van der Waals surface area contributed by atoms with Crippen LogP contribution in [0.15, 0.2) is 15.3 Å². The van der Waals surface area contributed by atoms with Crippen LogP contribution in [0.25, 0.3) is 21.6 Å². The fourth-order valence-corrected chi connectivity index (χ4v) is 6.60. The standard InChI is InChI=1S/C23H24Br2N2O5S/c1-10(2)9-27-21(12-8-14(30-3)18(31-4)19(32-5)16(12)25)26-22-15(23(27)29)11-6-7-13(24)17(28)20(11)33-22/h8,10,13H,6-7,9H2,1-5H3. The number of hydrogen-bond acceptors (Lipinski definition) is 7. The molecule has 1 aliphatic rings. The van der Waals surface area contributed by atoms with Gasteiger partial charge in [-0.1, -0.05) is 29.8 Å². The van der Waals surface area contributed by atoms with Crippen LogP contribution in [0.2, 0.25) is 0 Å². The summed E-state index contributed by atoms with van der Waals surface area (Å²) in [5.41, 5.74) is 1.32. The zero-order valence-electron chi connectivity index (χ0n) is 19.0. The molecule has 2 aromatic heterocycles. The van der Waals surface area contributed by atoms with Crippen molar-refractivity contribution in [3.8, 4) is 28.6 Å². The van der Waals surface area contributed by atoms with Gasteiger partial charge in [0.25, 0.3) is 5.56 Å². The SMILES string of the molecule is COc1cc(-c2nc3sc4c(c3c(=O)n2CC(C)C)CCC(Br)C4=O)c(Br)c(OC)c1OC. The van der Waals surface area contributed by atoms with Crippen LogP contribution < -0.4 is 19.8 Å². The molecule has 4 rings (SSSR count). The maximum atomic E-state index is 13.8. The zero-order valence-corrected chi connectivity index (χ0v) is 22.9. The average Bonchev–Trinajstić information content (AvgIpc) is 3.17. The third-order valence-electron chi connectivity index (χ3n) is 5.62. The Balaban J connectivity index is 2.08. The number of Topliss-reactive ketones (excluding diaryl/α,β-unsaturated/α-hetero) is 1. The molecule has 0 saturated heterocycles. The molecule has 1 aliphatic carbocycles. The lowest BCUT2D eigenvalue weighted by Gasteiger charge is -2.20. The molecular weight excluding hydrogens is 576 g/mol. The van der Waals surface area contributed by atoms with Gasteiger partial charge in [0.05, 0.1) is 40.9 Å². The van der Waals surface area contributed by atoms with E-state index in [-0.39, 0.29) is 22.1 Å². The van der Waals surface area contributed by atoms with Gasteiger partial charge in [-0.25, -0.2) is 4.98 Å². The second kappa shape index (κ2) is 9.38. The van der Waals surface area contributed by atoms with Crippen LogP contribution >= 0.6 is 43.2 Å². The molecular formula is C23H24Br2N2O5S. The number of ether oxygens (including phenoxy) is 3. The Morgan fingerprint density at radius 2 is 1.88 bits per heavy atom. The Bertz CT molecular complexity index is 1310. The van der Waals surface area contributed by atoms with E-state index in [1.54, 1.807) is 24.9 Å². The van der Waals surface area contributed by atoms with Gasteiger partial charge in [-0.15, -0.1) is 11.3 Å². The second-order valence-electron chi connectivity index (χ2n) is 8.21. The van der Waals surface area contributed by atoms with Crippen molar-refractivity contribution in [3.63, 3.8) is 0 Å². The van der Waals surface area contributed by atoms with Crippen molar-refractivity contribution < 1.29 is 19.0 Å². The molecule has 0 saturated carbocycles. The number of hydrogen-bond donors (Lipinski definition) is 0. The van der Waals surface area contributed by atoms with E-state index in [1.165, 1.54) is 18.4 Å². The van der Waals surface area contributed by atoms with Crippen LogP contribution in [0.4, 0.5) is 0 Å². The van der Waals surface area contributed by atoms with Crippen LogP contribution in [0.1, 0.15) is 35.5 Å². The van der Waals surface area contributed by atoms with Crippen molar-refractivity contribution >= 4 is 59.2 Å². The summed E-state index contributed by atoms with van der Waals surface area (Å²) in [6.45, 7) is 4.57. The van der Waals surface area contributed by atoms with Gasteiger partial charge in [0.15, 0.2) is 17.3 Å². The first-order valence-electron chi connectivity index (χ1n) is 10.5. The summed E-state index contributed by atoms with van der Waals surface area (Å²) in [5, 5.41) is 0.552. The van der Waals surface area contributed by atoms with E-state index in [0.717, 1.165) is 5.56 Å². The van der Waals surface area contributed by atoms with Gasteiger partial charge in [0, 0.05) is 12.1 Å². The zero-order chi connectivity index (χ0) is 24.0. The minimum absolute atomic E-state index is 0.0181. The maximum absolute atomic E-state index is 13.8. The first kappa shape index (κ1) is 24.2. The number of fused-ring (bicyclic) bond motifs is 3. The van der Waals surface area contributed by atoms with E-state index in [9.17, 15) is 9.59 Å². The fourth-order valence-electron chi connectivity index (χ4n) is 4.14. The quantitative estimate of drug-likeness (QED) is 0.350. The van der Waals surface area contributed by atoms with Crippen molar-refractivity contribution in [2.75, 3.05) is 21.3 Å². The number of carbonyl (C=O) groups excluding carboxylic acids is 1. The first-order chi connectivity index (χ1) is 15.7. The molecule has 0 bridgehead atoms. The highest BCUT2D eigenvalue weighted by Crippen LogP contribution is 2.48. The average molecular weight is 600 g/mol. The number of aromatic nitrogens is 2. The smallest absolute Gasteiger partial charge is 0.262 e. The topological polar surface area (TPSA) is 79.7 Å². The molecule has 0 N–H and O–H groups in total. The third kappa shape index (κ3) is 4.00. The van der Waals surface area contributed by atoms with Crippen molar-refractivity contribution in [2.45, 2.75) is 38.1 Å². The highest BCUT2D eigenvalue weighted by molar-refractivity contribution is 9.10. The Morgan fingerprint density at radius 3 is 2.48 bits per heavy atom. The van der Waals surface area contributed by atoms with E-state index in [4.69, 9.17) is 19.2 Å². The van der Waals surface area contributed by atoms with E-state index in [0.29, 0.717) is 67.6 Å². The van der Waals surface area contributed by atoms with Crippen molar-refractivity contribution in [1.82, 2.24) is 9.55 Å². The van der Waals surface area contributed by atoms with Gasteiger partial charge in [0.2, 0.25) is 5.75 Å². The number of methoxy groups -OCH3 is 3. The second-order valence-corrected chi connectivity index (χ2v) is 11.1. The molecule has 0 fully saturated rings. The lowest BCUT2D eigenvalue weighted by Crippen LogP contribution is -2.27. The number of rotatable bonds is 6. The van der Waals surface area contributed by atoms with Gasteiger partial charge in [0.1, 0.15) is 10.7 Å². The lowest BCUT2D eigenvalue weighted by molar-refractivity contribution is 0.0986. The van der Waals surface area contributed by atoms with Gasteiger partial charge in [-0.3, -0.25) is 14.2 Å². The Kier molecular flexibility index (Phi) is 6.89. The molecule has 33 heavy (non-hydrogen) atoms. The van der Waals surface area contributed by atoms with Crippen molar-refractivity contribution in [1.29, 1.82) is 0 Å². The van der Waals surface area contributed by atoms with Crippen molar-refractivity contribution in [3.05, 3.63) is 31.3 Å². The summed E-state index contributed by atoms with van der Waals surface area (Å²) in [6, 6.07) is 1.78. The highest BCUT2D eigenvalue weighted by Gasteiger charge is 2.32. The van der Waals surface area contributed by atoms with Gasteiger partial charge < -0.3 is 14.2 Å². The van der Waals surface area contributed by atoms with Crippen LogP contribution in [0.5, 0.6) is 17.2 Å². The number of thiophene rings is 1. The molecule has 0 spiro atoms. The molecule has 1 atom stereocenters. The van der Waals surface area contributed by atoms with Crippen LogP contribution in [0.3, 0.4) is 0 Å². The van der Waals surface area contributed by atoms with Crippen molar-refractivity contribution in [2.24, 2.45) is 5.92 Å². The Labute approximate surface area is 212 Å². The summed E-state index contributed by atoms with van der Waals surface area (Å²) in [4.78, 5) is 32.5. The number of ketones is 1. The molecule has 0 aliphatic heterocycles. The predicted molar refractivity (Wildman–Crippen MR) is 137 cm³/mol. The summed E-state index contributed by atoms with van der Waals surface area (Å²) in [6.07, 6.45) is 1.34. The van der Waals surface area contributed by atoms with Gasteiger partial charge >= 0.3 is 0 Å². The molecule has 0 radical (unpaired) electrons. The third-order valence-corrected chi connectivity index (χ3v) is 8.43. The maximum Gasteiger partial charge on any atom is 0.262 e. The number of alkyl halides is 1. The number of carbonyl (C=O) groups is 1. The largest absolute Gasteiger partial charge is 0.493 e. The number of benzene rings is 1. The minimum atomic E-state index is -0.223. The molecule has 2 heterocycles. The summed E-state index contributed by atoms with van der Waals surface area (Å²) in [7, 11) is 4.62. The number of nitrogens with zero attached hydrogens (tertiary/aromatic N) is 2. The molecule has 10 heteroatoms. The van der Waals surface area contributed by atoms with E-state index >= 15 is 0 Å². The molecule has 1 unspecified atom stereocenters. The predicted octanol–water partition coefficient (Wildman–Crippen LogP) is 5.46. The van der Waals surface area contributed by atoms with E-state index in [1.807, 2.05) is 13.8 Å². The fraction of sp³-hybridized carbons (Fsp3) is 0.435. The van der Waals surface area contributed by atoms with Gasteiger partial charge in [-0.05, 0) is 46.3 Å². The summed E-state index contributed by atoms with van der Waals surface area (Å²) < 4.78 is 18.9. The minimum Gasteiger partial charge on any atom is -0.493 e. The molecule has 1 aromatic carbocycles. The van der Waals surface area contributed by atoms with Crippen LogP contribution in [0, 0.1) is 5.92 Å². The van der Waals surface area contributed by atoms with Crippen LogP contribution in [-0.2, 0) is 13.0 Å². The molecule has 0 amide bonds. The van der Waals surface area contributed by atoms with E-state index < -0.39 is 0 Å². The number of halogens is 2. The van der Waals surface area contributed by atoms with E-state index in [2.05, 4.69) is 31.9 Å². The number of aryl methyl sites for hydroxylation is 1.